The molecular weight excluding hydrogens is 509 g/mol. The molecule has 2 aromatic carbocycles. The van der Waals surface area contributed by atoms with Gasteiger partial charge < -0.3 is 20.1 Å². The van der Waals surface area contributed by atoms with Gasteiger partial charge in [0.1, 0.15) is 19.0 Å². The van der Waals surface area contributed by atoms with Crippen molar-refractivity contribution in [3.63, 3.8) is 0 Å². The molecule has 200 valence electrons. The number of halogens is 3. The molecule has 7 nitrogen and oxygen atoms in total. The molecule has 2 saturated heterocycles. The summed E-state index contributed by atoms with van der Waals surface area (Å²) in [5.41, 5.74) is 6.38. The summed E-state index contributed by atoms with van der Waals surface area (Å²) >= 11 is 0. The van der Waals surface area contributed by atoms with Crippen molar-refractivity contribution in [1.82, 2.24) is 4.90 Å². The lowest BCUT2D eigenvalue weighted by molar-refractivity contribution is -0.136. The second kappa shape index (κ2) is 10.2. The van der Waals surface area contributed by atoms with Gasteiger partial charge >= 0.3 is 0 Å². The summed E-state index contributed by atoms with van der Waals surface area (Å²) in [5.74, 6) is -2.87. The number of benzene rings is 2. The van der Waals surface area contributed by atoms with E-state index in [0.29, 0.717) is 43.6 Å². The van der Waals surface area contributed by atoms with Crippen molar-refractivity contribution in [3.05, 3.63) is 53.3 Å². The number of nitrogens with zero attached hydrogens (tertiary/aromatic N) is 1. The highest BCUT2D eigenvalue weighted by atomic mass is 32.2. The molecule has 3 atom stereocenters. The van der Waals surface area contributed by atoms with Crippen LogP contribution in [0.15, 0.2) is 35.2 Å². The molecule has 11 heteroatoms. The zero-order chi connectivity index (χ0) is 26.3. The van der Waals surface area contributed by atoms with E-state index in [0.717, 1.165) is 18.9 Å². The molecule has 0 aromatic heterocycles. The van der Waals surface area contributed by atoms with E-state index in [4.69, 9.17) is 15.2 Å². The molecule has 2 aromatic rings. The summed E-state index contributed by atoms with van der Waals surface area (Å²) in [6, 6.07) is 5.20. The fourth-order valence-electron chi connectivity index (χ4n) is 5.80. The van der Waals surface area contributed by atoms with Gasteiger partial charge in [-0.25, -0.2) is 21.6 Å². The molecule has 3 aliphatic rings. The van der Waals surface area contributed by atoms with E-state index in [-0.39, 0.29) is 53.0 Å². The smallest absolute Gasteiger partial charge is 0.224 e. The molecule has 0 saturated carbocycles. The maximum absolute atomic E-state index is 14.1. The molecule has 1 amide bonds. The van der Waals surface area contributed by atoms with Gasteiger partial charge in [-0.05, 0) is 61.8 Å². The highest BCUT2D eigenvalue weighted by Crippen LogP contribution is 2.41. The third-order valence-corrected chi connectivity index (χ3v) is 9.38. The molecule has 3 aliphatic heterocycles. The number of ether oxygens (including phenoxy) is 2. The Kier molecular flexibility index (Phi) is 7.10. The number of carbonyl (C=O) groups is 1. The second-order valence-corrected chi connectivity index (χ2v) is 12.1. The first-order valence-electron chi connectivity index (χ1n) is 12.4. The van der Waals surface area contributed by atoms with Gasteiger partial charge in [-0.2, -0.15) is 0 Å². The fraction of sp³-hybridized carbons (Fsp3) is 0.500. The lowest BCUT2D eigenvalue weighted by atomic mass is 9.82. The van der Waals surface area contributed by atoms with Crippen molar-refractivity contribution in [2.75, 3.05) is 19.0 Å². The van der Waals surface area contributed by atoms with Crippen molar-refractivity contribution >= 4 is 15.7 Å². The largest absolute Gasteiger partial charge is 0.486 e. The number of piperidine rings is 1. The average molecular weight is 539 g/mol. The van der Waals surface area contributed by atoms with E-state index in [1.165, 1.54) is 12.1 Å². The van der Waals surface area contributed by atoms with Crippen LogP contribution < -0.4 is 15.2 Å². The third-order valence-electron chi connectivity index (χ3n) is 7.67. The normalized spacial score (nSPS) is 23.7. The predicted octanol–water partition coefficient (Wildman–Crippen LogP) is 3.38. The van der Waals surface area contributed by atoms with Crippen LogP contribution in [0.3, 0.4) is 0 Å². The topological polar surface area (TPSA) is 98.9 Å². The Labute approximate surface area is 213 Å². The van der Waals surface area contributed by atoms with Crippen LogP contribution in [0.5, 0.6) is 11.5 Å². The zero-order valence-corrected chi connectivity index (χ0v) is 21.0. The first-order valence-corrected chi connectivity index (χ1v) is 14.1. The van der Waals surface area contributed by atoms with E-state index in [2.05, 4.69) is 0 Å². The molecular formula is C26H29F3N2O5S. The van der Waals surface area contributed by atoms with Crippen LogP contribution in [-0.2, 0) is 21.1 Å². The van der Waals surface area contributed by atoms with Crippen molar-refractivity contribution in [2.45, 2.75) is 61.5 Å². The van der Waals surface area contributed by atoms with Crippen molar-refractivity contribution in [3.8, 4) is 11.5 Å². The van der Waals surface area contributed by atoms with Crippen LogP contribution in [0, 0.1) is 23.4 Å². The molecule has 0 radical (unpaired) electrons. The second-order valence-electron chi connectivity index (χ2n) is 10.0. The van der Waals surface area contributed by atoms with Gasteiger partial charge in [0.15, 0.2) is 33.0 Å². The predicted molar refractivity (Wildman–Crippen MR) is 128 cm³/mol. The lowest BCUT2D eigenvalue weighted by Gasteiger charge is -2.41. The standard InChI is InChI=1S/C26H29F3N2O5S/c27-20-14-22(29)21(28)11-15(20)12-23(30)16-9-17-1-2-18(10-16)31(17)26(32)5-8-37(33,34)19-3-4-24-25(13-19)36-7-6-35-24/h3-4,11,13-14,16-18,23H,1-2,5-10,12,30H2. The highest BCUT2D eigenvalue weighted by Gasteiger charge is 2.44. The molecule has 0 spiro atoms. The van der Waals surface area contributed by atoms with E-state index in [1.54, 1.807) is 11.0 Å². The third kappa shape index (κ3) is 5.29. The Bertz CT molecular complexity index is 1290. The minimum absolute atomic E-state index is 0.0180. The molecule has 5 rings (SSSR count). The Morgan fingerprint density at radius 1 is 0.973 bits per heavy atom. The van der Waals surface area contributed by atoms with Crippen LogP contribution in [0.4, 0.5) is 13.2 Å². The van der Waals surface area contributed by atoms with Gasteiger partial charge in [0.2, 0.25) is 5.91 Å². The Morgan fingerprint density at radius 3 is 2.32 bits per heavy atom. The van der Waals surface area contributed by atoms with Gasteiger partial charge in [-0.3, -0.25) is 4.79 Å². The van der Waals surface area contributed by atoms with E-state index < -0.39 is 33.3 Å². The minimum Gasteiger partial charge on any atom is -0.486 e. The number of amides is 1. The Hall–Kier alpha value is -2.79. The summed E-state index contributed by atoms with van der Waals surface area (Å²) in [4.78, 5) is 15.0. The molecule has 2 bridgehead atoms. The van der Waals surface area contributed by atoms with Gasteiger partial charge in [0, 0.05) is 36.7 Å². The molecule has 3 unspecified atom stereocenters. The summed E-state index contributed by atoms with van der Waals surface area (Å²) in [6.07, 6.45) is 2.70. The number of hydrogen-bond donors (Lipinski definition) is 1. The zero-order valence-electron chi connectivity index (χ0n) is 20.2. The molecule has 2 fully saturated rings. The van der Waals surface area contributed by atoms with Gasteiger partial charge in [-0.15, -0.1) is 0 Å². The van der Waals surface area contributed by atoms with Gasteiger partial charge in [0.25, 0.3) is 0 Å². The maximum atomic E-state index is 14.1. The molecule has 37 heavy (non-hydrogen) atoms. The van der Waals surface area contributed by atoms with Crippen LogP contribution in [0.2, 0.25) is 0 Å². The number of rotatable bonds is 7. The number of carbonyl (C=O) groups excluding carboxylic acids is 1. The van der Waals surface area contributed by atoms with Crippen LogP contribution in [0.1, 0.15) is 37.7 Å². The Morgan fingerprint density at radius 2 is 1.62 bits per heavy atom. The number of fused-ring (bicyclic) bond motifs is 3. The minimum atomic E-state index is -3.71. The van der Waals surface area contributed by atoms with Crippen LogP contribution in [-0.4, -0.2) is 56.3 Å². The maximum Gasteiger partial charge on any atom is 0.224 e. The average Bonchev–Trinajstić information content (AvgIpc) is 3.14. The number of nitrogens with two attached hydrogens (primary N) is 1. The first kappa shape index (κ1) is 25.8. The van der Waals surface area contributed by atoms with Crippen LogP contribution in [0.25, 0.3) is 0 Å². The quantitative estimate of drug-likeness (QED) is 0.543. The lowest BCUT2D eigenvalue weighted by Crippen LogP contribution is -2.50. The summed E-state index contributed by atoms with van der Waals surface area (Å²) in [5, 5.41) is 0. The molecule has 0 aliphatic carbocycles. The summed E-state index contributed by atoms with van der Waals surface area (Å²) in [7, 11) is -3.71. The van der Waals surface area contributed by atoms with Crippen molar-refractivity contribution in [2.24, 2.45) is 11.7 Å². The fourth-order valence-corrected chi connectivity index (χ4v) is 7.04. The van der Waals surface area contributed by atoms with Crippen molar-refractivity contribution < 1.29 is 35.9 Å². The number of hydrogen-bond acceptors (Lipinski definition) is 6. The first-order chi connectivity index (χ1) is 17.6. The molecule has 3 heterocycles. The monoisotopic (exact) mass is 538 g/mol. The van der Waals surface area contributed by atoms with E-state index in [9.17, 15) is 26.4 Å². The molecule has 2 N–H and O–H groups in total. The van der Waals surface area contributed by atoms with Gasteiger partial charge in [-0.1, -0.05) is 0 Å². The highest BCUT2D eigenvalue weighted by molar-refractivity contribution is 7.91. The summed E-state index contributed by atoms with van der Waals surface area (Å²) < 4.78 is 77.7. The SMILES string of the molecule is NC(Cc1cc(F)c(F)cc1F)C1CC2CCC(C1)N2C(=O)CCS(=O)(=O)c1ccc2c(c1)OCCO2. The van der Waals surface area contributed by atoms with Crippen LogP contribution >= 0.6 is 0 Å². The Balaban J connectivity index is 1.19. The van der Waals surface area contributed by atoms with Gasteiger partial charge in [0.05, 0.1) is 10.6 Å². The van der Waals surface area contributed by atoms with E-state index >= 15 is 0 Å². The summed E-state index contributed by atoms with van der Waals surface area (Å²) in [6.45, 7) is 0.742. The van der Waals surface area contributed by atoms with Crippen molar-refractivity contribution in [1.29, 1.82) is 0 Å². The van der Waals surface area contributed by atoms with E-state index in [1.807, 2.05) is 0 Å². The number of sulfone groups is 1.